The molecule has 0 radical (unpaired) electrons. The van der Waals surface area contributed by atoms with E-state index >= 15 is 0 Å². The van der Waals surface area contributed by atoms with Gasteiger partial charge in [-0.25, -0.2) is 0 Å². The van der Waals surface area contributed by atoms with E-state index in [9.17, 15) is 4.79 Å². The minimum absolute atomic E-state index is 0.0411. The van der Waals surface area contributed by atoms with Crippen molar-refractivity contribution in [3.05, 3.63) is 35.9 Å². The fraction of sp³-hybridized carbons (Fsp3) is 0.364. The van der Waals surface area contributed by atoms with Gasteiger partial charge in [-0.15, -0.1) is 0 Å². The molecule has 1 N–H and O–H groups in total. The van der Waals surface area contributed by atoms with E-state index in [2.05, 4.69) is 19.2 Å². The van der Waals surface area contributed by atoms with Gasteiger partial charge in [0.15, 0.2) is 0 Å². The Labute approximate surface area is 80.0 Å². The van der Waals surface area contributed by atoms with Gasteiger partial charge in [0.2, 0.25) is 0 Å². The Hall–Kier alpha value is -1.31. The van der Waals surface area contributed by atoms with Crippen LogP contribution in [-0.2, 0) is 0 Å². The predicted octanol–water partition coefficient (Wildman–Crippen LogP) is 2.46. The SMILES string of the molecule is CCC.CNC(=O)c1ccccc1. The van der Waals surface area contributed by atoms with Crippen molar-refractivity contribution < 1.29 is 4.79 Å². The largest absolute Gasteiger partial charge is 0.355 e. The summed E-state index contributed by atoms with van der Waals surface area (Å²) < 4.78 is 0. The van der Waals surface area contributed by atoms with Gasteiger partial charge in [-0.3, -0.25) is 4.79 Å². The second-order valence-corrected chi connectivity index (χ2v) is 2.65. The highest BCUT2D eigenvalue weighted by atomic mass is 16.1. The number of carbonyl (C=O) groups is 1. The average Bonchev–Trinajstić information content (AvgIpc) is 2.19. The third-order valence-corrected chi connectivity index (χ3v) is 1.26. The standard InChI is InChI=1S/C8H9NO.C3H8/c1-9-8(10)7-5-3-2-4-6-7;1-3-2/h2-6H,1H3,(H,9,10);3H2,1-2H3. The molecule has 0 saturated carbocycles. The Morgan fingerprint density at radius 2 is 1.69 bits per heavy atom. The number of hydrogen-bond donors (Lipinski definition) is 1. The van der Waals surface area contributed by atoms with E-state index in [1.807, 2.05) is 18.2 Å². The zero-order valence-electron chi connectivity index (χ0n) is 8.50. The highest BCUT2D eigenvalue weighted by molar-refractivity contribution is 5.93. The number of amides is 1. The van der Waals surface area contributed by atoms with E-state index in [1.165, 1.54) is 6.42 Å². The van der Waals surface area contributed by atoms with E-state index in [0.717, 1.165) is 0 Å². The summed E-state index contributed by atoms with van der Waals surface area (Å²) in [6.45, 7) is 4.25. The van der Waals surface area contributed by atoms with E-state index < -0.39 is 0 Å². The molecule has 0 fully saturated rings. The summed E-state index contributed by atoms with van der Waals surface area (Å²) in [4.78, 5) is 10.9. The lowest BCUT2D eigenvalue weighted by atomic mass is 10.2. The maximum absolute atomic E-state index is 10.9. The molecule has 1 rings (SSSR count). The summed E-state index contributed by atoms with van der Waals surface area (Å²) >= 11 is 0. The molecular weight excluding hydrogens is 162 g/mol. The van der Waals surface area contributed by atoms with Crippen molar-refractivity contribution in [2.75, 3.05) is 7.05 Å². The summed E-state index contributed by atoms with van der Waals surface area (Å²) in [5, 5.41) is 2.54. The van der Waals surface area contributed by atoms with Gasteiger partial charge < -0.3 is 5.32 Å². The van der Waals surface area contributed by atoms with Gasteiger partial charge in [0.05, 0.1) is 0 Å². The van der Waals surface area contributed by atoms with Crippen LogP contribution in [-0.4, -0.2) is 13.0 Å². The van der Waals surface area contributed by atoms with Crippen molar-refractivity contribution in [1.29, 1.82) is 0 Å². The molecule has 0 unspecified atom stereocenters. The first-order valence-corrected chi connectivity index (χ1v) is 4.53. The molecule has 0 bridgehead atoms. The fourth-order valence-electron chi connectivity index (χ4n) is 0.734. The second kappa shape index (κ2) is 7.35. The first kappa shape index (κ1) is 11.7. The molecular formula is C11H17NO. The summed E-state index contributed by atoms with van der Waals surface area (Å²) in [6, 6.07) is 9.11. The van der Waals surface area contributed by atoms with E-state index in [-0.39, 0.29) is 5.91 Å². The van der Waals surface area contributed by atoms with Crippen molar-refractivity contribution >= 4 is 5.91 Å². The van der Waals surface area contributed by atoms with Gasteiger partial charge in [-0.05, 0) is 12.1 Å². The highest BCUT2D eigenvalue weighted by Gasteiger charge is 1.97. The summed E-state index contributed by atoms with van der Waals surface area (Å²) in [5.74, 6) is -0.0411. The van der Waals surface area contributed by atoms with Crippen LogP contribution in [0.15, 0.2) is 30.3 Å². The quantitative estimate of drug-likeness (QED) is 0.705. The Morgan fingerprint density at radius 1 is 1.23 bits per heavy atom. The Bertz CT molecular complexity index is 231. The van der Waals surface area contributed by atoms with Crippen LogP contribution in [0.3, 0.4) is 0 Å². The first-order valence-electron chi connectivity index (χ1n) is 4.53. The van der Waals surface area contributed by atoms with Crippen LogP contribution in [0.2, 0.25) is 0 Å². The molecule has 72 valence electrons. The first-order chi connectivity index (χ1) is 6.26. The summed E-state index contributed by atoms with van der Waals surface area (Å²) in [7, 11) is 1.62. The third kappa shape index (κ3) is 5.01. The lowest BCUT2D eigenvalue weighted by Gasteiger charge is -1.96. The normalized spacial score (nSPS) is 8.23. The molecule has 0 spiro atoms. The lowest BCUT2D eigenvalue weighted by molar-refractivity contribution is 0.0963. The van der Waals surface area contributed by atoms with Crippen molar-refractivity contribution in [2.45, 2.75) is 20.3 Å². The van der Waals surface area contributed by atoms with Gasteiger partial charge in [0, 0.05) is 12.6 Å². The van der Waals surface area contributed by atoms with Crippen molar-refractivity contribution in [1.82, 2.24) is 5.32 Å². The Kier molecular flexibility index (Phi) is 6.60. The molecule has 2 heteroatoms. The van der Waals surface area contributed by atoms with E-state index in [4.69, 9.17) is 0 Å². The smallest absolute Gasteiger partial charge is 0.251 e. The molecule has 0 heterocycles. The van der Waals surface area contributed by atoms with Gasteiger partial charge in [0.25, 0.3) is 5.91 Å². The zero-order chi connectivity index (χ0) is 10.1. The number of rotatable bonds is 1. The number of benzene rings is 1. The van der Waals surface area contributed by atoms with Gasteiger partial charge in [0.1, 0.15) is 0 Å². The zero-order valence-corrected chi connectivity index (χ0v) is 8.50. The molecule has 0 aliphatic rings. The van der Waals surface area contributed by atoms with Crippen LogP contribution in [0, 0.1) is 0 Å². The summed E-state index contributed by atoms with van der Waals surface area (Å²) in [6.07, 6.45) is 1.25. The van der Waals surface area contributed by atoms with Crippen LogP contribution >= 0.6 is 0 Å². The number of hydrogen-bond acceptors (Lipinski definition) is 1. The minimum atomic E-state index is -0.0411. The molecule has 0 atom stereocenters. The Morgan fingerprint density at radius 3 is 2.08 bits per heavy atom. The molecule has 0 aromatic heterocycles. The Balaban J connectivity index is 0.000000424. The van der Waals surface area contributed by atoms with E-state index in [0.29, 0.717) is 5.56 Å². The van der Waals surface area contributed by atoms with Crippen LogP contribution in [0.4, 0.5) is 0 Å². The van der Waals surface area contributed by atoms with Crippen molar-refractivity contribution in [3.63, 3.8) is 0 Å². The molecule has 0 aliphatic carbocycles. The third-order valence-electron chi connectivity index (χ3n) is 1.26. The minimum Gasteiger partial charge on any atom is -0.355 e. The maximum Gasteiger partial charge on any atom is 0.251 e. The van der Waals surface area contributed by atoms with Crippen LogP contribution in [0.5, 0.6) is 0 Å². The molecule has 0 saturated heterocycles. The predicted molar refractivity (Wildman–Crippen MR) is 55.8 cm³/mol. The topological polar surface area (TPSA) is 29.1 Å². The second-order valence-electron chi connectivity index (χ2n) is 2.65. The van der Waals surface area contributed by atoms with Crippen LogP contribution < -0.4 is 5.32 Å². The lowest BCUT2D eigenvalue weighted by Crippen LogP contribution is -2.17. The number of nitrogens with one attached hydrogen (secondary N) is 1. The van der Waals surface area contributed by atoms with E-state index in [1.54, 1.807) is 19.2 Å². The average molecular weight is 179 g/mol. The van der Waals surface area contributed by atoms with Crippen molar-refractivity contribution in [2.24, 2.45) is 0 Å². The molecule has 1 aromatic rings. The molecule has 0 aliphatic heterocycles. The molecule has 13 heavy (non-hydrogen) atoms. The van der Waals surface area contributed by atoms with Crippen LogP contribution in [0.25, 0.3) is 0 Å². The molecule has 2 nitrogen and oxygen atoms in total. The molecule has 1 amide bonds. The molecule has 1 aromatic carbocycles. The summed E-state index contributed by atoms with van der Waals surface area (Å²) in [5.41, 5.74) is 0.699. The number of carbonyl (C=O) groups excluding carboxylic acids is 1. The van der Waals surface area contributed by atoms with Gasteiger partial charge in [-0.2, -0.15) is 0 Å². The monoisotopic (exact) mass is 179 g/mol. The van der Waals surface area contributed by atoms with Gasteiger partial charge >= 0.3 is 0 Å². The van der Waals surface area contributed by atoms with Crippen molar-refractivity contribution in [3.8, 4) is 0 Å². The van der Waals surface area contributed by atoms with Gasteiger partial charge in [-0.1, -0.05) is 38.5 Å². The maximum atomic E-state index is 10.9. The van der Waals surface area contributed by atoms with Crippen LogP contribution in [0.1, 0.15) is 30.6 Å². The fourth-order valence-corrected chi connectivity index (χ4v) is 0.734. The highest BCUT2D eigenvalue weighted by Crippen LogP contribution is 1.96.